The number of rotatable bonds is 10. The number of esters is 3. The van der Waals surface area contributed by atoms with Crippen molar-refractivity contribution in [2.45, 2.75) is 59.5 Å². The second kappa shape index (κ2) is 13.3. The van der Waals surface area contributed by atoms with Crippen LogP contribution >= 0.6 is 0 Å². The first-order chi connectivity index (χ1) is 19.4. The lowest BCUT2D eigenvalue weighted by molar-refractivity contribution is -0.384. The summed E-state index contributed by atoms with van der Waals surface area (Å²) in [6.07, 6.45) is -0.156. The van der Waals surface area contributed by atoms with E-state index < -0.39 is 40.2 Å². The number of non-ortho nitro benzene ring substituents is 1. The van der Waals surface area contributed by atoms with Crippen LogP contribution in [0.3, 0.4) is 0 Å². The number of allylic oxidation sites excluding steroid dienone is 1. The SMILES string of the molecule is CCOC(=O)C1=C(CCC(OC(=O)C(C)(C)C)c2ccccc2)N=C(C)C(C(=O)OC)C1c1cccc([N+](=O)[O-])c1. The second-order valence-corrected chi connectivity index (χ2v) is 10.8. The number of nitrogens with zero attached hydrogens (tertiary/aromatic N) is 2. The summed E-state index contributed by atoms with van der Waals surface area (Å²) < 4.78 is 16.4. The molecule has 0 radical (unpaired) electrons. The van der Waals surface area contributed by atoms with Crippen LogP contribution in [-0.4, -0.2) is 42.3 Å². The van der Waals surface area contributed by atoms with Crippen molar-refractivity contribution in [3.05, 3.63) is 87.1 Å². The monoisotopic (exact) mass is 564 g/mol. The fourth-order valence-corrected chi connectivity index (χ4v) is 4.73. The van der Waals surface area contributed by atoms with Crippen molar-refractivity contribution in [3.8, 4) is 0 Å². The molecule has 2 aromatic carbocycles. The van der Waals surface area contributed by atoms with Crippen LogP contribution < -0.4 is 0 Å². The number of hydrogen-bond acceptors (Lipinski definition) is 9. The van der Waals surface area contributed by atoms with Gasteiger partial charge in [0.2, 0.25) is 0 Å². The minimum Gasteiger partial charge on any atom is -0.468 e. The number of aliphatic imine (C=N–C) groups is 1. The lowest BCUT2D eigenvalue weighted by Crippen LogP contribution is -2.36. The number of nitro groups is 1. The maximum absolute atomic E-state index is 13.5. The van der Waals surface area contributed by atoms with Crippen LogP contribution in [0.1, 0.15) is 70.6 Å². The van der Waals surface area contributed by atoms with Gasteiger partial charge in [-0.1, -0.05) is 42.5 Å². The molecule has 0 N–H and O–H groups in total. The number of methoxy groups -OCH3 is 1. The summed E-state index contributed by atoms with van der Waals surface area (Å²) in [5, 5.41) is 11.6. The van der Waals surface area contributed by atoms with Gasteiger partial charge in [0.1, 0.15) is 12.0 Å². The molecule has 1 aliphatic rings. The Morgan fingerprint density at radius 2 is 1.76 bits per heavy atom. The lowest BCUT2D eigenvalue weighted by Gasteiger charge is -2.32. The predicted octanol–water partition coefficient (Wildman–Crippen LogP) is 5.87. The second-order valence-electron chi connectivity index (χ2n) is 10.8. The molecule has 10 nitrogen and oxygen atoms in total. The zero-order valence-corrected chi connectivity index (χ0v) is 24.2. The van der Waals surface area contributed by atoms with E-state index in [2.05, 4.69) is 4.99 Å². The van der Waals surface area contributed by atoms with E-state index in [4.69, 9.17) is 14.2 Å². The molecule has 0 spiro atoms. The molecule has 0 aliphatic carbocycles. The summed E-state index contributed by atoms with van der Waals surface area (Å²) in [6, 6.07) is 15.1. The number of carbonyl (C=O) groups excluding carboxylic acids is 3. The standard InChI is InChI=1S/C31H36N2O8/c1-7-40-29(35)27-23(16-17-24(20-12-9-8-10-13-20)41-30(36)31(3,4)5)32-19(2)25(28(34)39-6)26(27)21-14-11-15-22(18-21)33(37)38/h8-15,18,24-26H,7,16-17H2,1-6H3. The van der Waals surface area contributed by atoms with Gasteiger partial charge >= 0.3 is 17.9 Å². The van der Waals surface area contributed by atoms with E-state index in [0.717, 1.165) is 5.56 Å². The van der Waals surface area contributed by atoms with Crippen molar-refractivity contribution < 1.29 is 33.5 Å². The largest absolute Gasteiger partial charge is 0.468 e. The molecule has 41 heavy (non-hydrogen) atoms. The molecule has 3 atom stereocenters. The van der Waals surface area contributed by atoms with Crippen LogP contribution in [0.25, 0.3) is 0 Å². The smallest absolute Gasteiger partial charge is 0.336 e. The quantitative estimate of drug-likeness (QED) is 0.151. The molecule has 1 aliphatic heterocycles. The highest BCUT2D eigenvalue weighted by Gasteiger charge is 2.43. The number of ether oxygens (including phenoxy) is 3. The van der Waals surface area contributed by atoms with E-state index >= 15 is 0 Å². The summed E-state index contributed by atoms with van der Waals surface area (Å²) in [5.41, 5.74) is 1.09. The van der Waals surface area contributed by atoms with Gasteiger partial charge in [-0.3, -0.25) is 24.7 Å². The van der Waals surface area contributed by atoms with Gasteiger partial charge < -0.3 is 14.2 Å². The van der Waals surface area contributed by atoms with Crippen molar-refractivity contribution in [1.29, 1.82) is 0 Å². The van der Waals surface area contributed by atoms with Crippen molar-refractivity contribution >= 4 is 29.3 Å². The lowest BCUT2D eigenvalue weighted by atomic mass is 9.75. The molecule has 218 valence electrons. The summed E-state index contributed by atoms with van der Waals surface area (Å²) in [5.74, 6) is -3.65. The highest BCUT2D eigenvalue weighted by Crippen LogP contribution is 2.43. The summed E-state index contributed by atoms with van der Waals surface area (Å²) in [6.45, 7) is 8.69. The van der Waals surface area contributed by atoms with E-state index in [1.54, 1.807) is 40.7 Å². The van der Waals surface area contributed by atoms with Crippen molar-refractivity contribution in [2.75, 3.05) is 13.7 Å². The highest BCUT2D eigenvalue weighted by atomic mass is 16.6. The topological polar surface area (TPSA) is 134 Å². The van der Waals surface area contributed by atoms with E-state index in [-0.39, 0.29) is 36.7 Å². The number of nitro benzene ring substituents is 1. The molecule has 10 heteroatoms. The number of carbonyl (C=O) groups is 3. The Morgan fingerprint density at radius 3 is 2.34 bits per heavy atom. The van der Waals surface area contributed by atoms with Crippen molar-refractivity contribution in [3.63, 3.8) is 0 Å². The molecule has 2 aromatic rings. The van der Waals surface area contributed by atoms with Crippen LogP contribution in [0.15, 0.2) is 70.9 Å². The fourth-order valence-electron chi connectivity index (χ4n) is 4.73. The summed E-state index contributed by atoms with van der Waals surface area (Å²) in [4.78, 5) is 55.0. The third-order valence-electron chi connectivity index (χ3n) is 6.78. The van der Waals surface area contributed by atoms with Crippen LogP contribution in [-0.2, 0) is 28.6 Å². The molecule has 0 saturated carbocycles. The maximum Gasteiger partial charge on any atom is 0.336 e. The zero-order chi connectivity index (χ0) is 30.3. The van der Waals surface area contributed by atoms with E-state index in [1.165, 1.54) is 25.3 Å². The van der Waals surface area contributed by atoms with Gasteiger partial charge in [-0.15, -0.1) is 0 Å². The van der Waals surface area contributed by atoms with Gasteiger partial charge in [-0.25, -0.2) is 4.79 Å². The molecular weight excluding hydrogens is 528 g/mol. The highest BCUT2D eigenvalue weighted by molar-refractivity contribution is 6.07. The minimum atomic E-state index is -1.01. The van der Waals surface area contributed by atoms with Crippen LogP contribution in [0, 0.1) is 21.4 Å². The number of hydrogen-bond donors (Lipinski definition) is 0. The molecule has 0 amide bonds. The maximum atomic E-state index is 13.5. The molecule has 0 aromatic heterocycles. The predicted molar refractivity (Wildman–Crippen MR) is 152 cm³/mol. The van der Waals surface area contributed by atoms with E-state index in [1.807, 2.05) is 30.3 Å². The average molecular weight is 565 g/mol. The molecular formula is C31H36N2O8. The fraction of sp³-hybridized carbons (Fsp3) is 0.419. The van der Waals surface area contributed by atoms with Gasteiger partial charge in [0.25, 0.3) is 5.69 Å². The first-order valence-electron chi connectivity index (χ1n) is 13.4. The molecule has 3 rings (SSSR count). The molecule has 1 heterocycles. The first-order valence-corrected chi connectivity index (χ1v) is 13.4. The average Bonchev–Trinajstić information content (AvgIpc) is 2.94. The Balaban J connectivity index is 2.14. The van der Waals surface area contributed by atoms with E-state index in [0.29, 0.717) is 17.0 Å². The Hall–Kier alpha value is -4.34. The summed E-state index contributed by atoms with van der Waals surface area (Å²) >= 11 is 0. The van der Waals surface area contributed by atoms with Crippen LogP contribution in [0.5, 0.6) is 0 Å². The Labute approximate surface area is 239 Å². The normalized spacial score (nSPS) is 17.8. The van der Waals surface area contributed by atoms with Gasteiger partial charge in [0.05, 0.1) is 35.3 Å². The van der Waals surface area contributed by atoms with Crippen molar-refractivity contribution in [2.24, 2.45) is 16.3 Å². The summed E-state index contributed by atoms with van der Waals surface area (Å²) in [7, 11) is 1.23. The minimum absolute atomic E-state index is 0.0681. The molecule has 0 saturated heterocycles. The van der Waals surface area contributed by atoms with Gasteiger partial charge in [0.15, 0.2) is 0 Å². The third kappa shape index (κ3) is 7.45. The van der Waals surface area contributed by atoms with Gasteiger partial charge in [-0.05, 0) is 58.6 Å². The van der Waals surface area contributed by atoms with E-state index in [9.17, 15) is 24.5 Å². The third-order valence-corrected chi connectivity index (χ3v) is 6.78. The van der Waals surface area contributed by atoms with Gasteiger partial charge in [0, 0.05) is 23.8 Å². The zero-order valence-electron chi connectivity index (χ0n) is 24.2. The Kier molecular flexibility index (Phi) is 10.2. The molecule has 0 fully saturated rings. The Morgan fingerprint density at radius 1 is 1.07 bits per heavy atom. The Bertz CT molecular complexity index is 1360. The molecule has 0 bridgehead atoms. The van der Waals surface area contributed by atoms with Crippen LogP contribution in [0.4, 0.5) is 5.69 Å². The van der Waals surface area contributed by atoms with Crippen LogP contribution in [0.2, 0.25) is 0 Å². The number of benzene rings is 2. The van der Waals surface area contributed by atoms with Gasteiger partial charge in [-0.2, -0.15) is 0 Å². The van der Waals surface area contributed by atoms with Crippen molar-refractivity contribution in [1.82, 2.24) is 0 Å². The molecule has 3 unspecified atom stereocenters. The first kappa shape index (κ1) is 31.2.